The summed E-state index contributed by atoms with van der Waals surface area (Å²) in [5.41, 5.74) is 2.57. The standard InChI is InChI=1S/C18H32N4O2/c1-5-15-14(16(6-2)24-22-15)12-20-17(19-3)21-13-18(8-7-9-18)10-11-23-4/h5-13H2,1-4H3,(H2,19,20,21). The van der Waals surface area contributed by atoms with Gasteiger partial charge in [-0.05, 0) is 31.1 Å². The second kappa shape index (κ2) is 9.06. The van der Waals surface area contributed by atoms with E-state index in [1.165, 1.54) is 24.8 Å². The Morgan fingerprint density at radius 2 is 2.08 bits per heavy atom. The number of hydrogen-bond acceptors (Lipinski definition) is 4. The van der Waals surface area contributed by atoms with E-state index in [4.69, 9.17) is 9.26 Å². The first-order chi connectivity index (χ1) is 11.7. The van der Waals surface area contributed by atoms with Crippen molar-refractivity contribution in [3.8, 4) is 0 Å². The van der Waals surface area contributed by atoms with Crippen LogP contribution >= 0.6 is 0 Å². The zero-order valence-corrected chi connectivity index (χ0v) is 15.6. The third-order valence-corrected chi connectivity index (χ3v) is 5.14. The zero-order valence-electron chi connectivity index (χ0n) is 15.6. The monoisotopic (exact) mass is 336 g/mol. The number of rotatable bonds is 9. The molecular formula is C18H32N4O2. The van der Waals surface area contributed by atoms with E-state index in [-0.39, 0.29) is 0 Å². The molecule has 6 heteroatoms. The van der Waals surface area contributed by atoms with Crippen LogP contribution in [0.2, 0.25) is 0 Å². The van der Waals surface area contributed by atoms with Gasteiger partial charge in [0, 0.05) is 45.8 Å². The van der Waals surface area contributed by atoms with E-state index in [9.17, 15) is 0 Å². The van der Waals surface area contributed by atoms with E-state index >= 15 is 0 Å². The minimum atomic E-state index is 0.369. The molecule has 6 nitrogen and oxygen atoms in total. The SMILES string of the molecule is CCc1noc(CC)c1CNC(=NC)NCC1(CCOC)CCC1. The van der Waals surface area contributed by atoms with Crippen molar-refractivity contribution < 1.29 is 9.26 Å². The maximum atomic E-state index is 5.42. The van der Waals surface area contributed by atoms with Crippen LogP contribution in [0.1, 0.15) is 56.5 Å². The van der Waals surface area contributed by atoms with Crippen LogP contribution in [0.15, 0.2) is 9.52 Å². The Hall–Kier alpha value is -1.56. The molecule has 0 spiro atoms. The molecule has 1 saturated carbocycles. The summed E-state index contributed by atoms with van der Waals surface area (Å²) in [7, 11) is 3.59. The van der Waals surface area contributed by atoms with Crippen molar-refractivity contribution in [2.45, 2.75) is 58.9 Å². The molecule has 1 aromatic heterocycles. The summed E-state index contributed by atoms with van der Waals surface area (Å²) in [6.45, 7) is 6.66. The molecule has 0 atom stereocenters. The first-order valence-corrected chi connectivity index (χ1v) is 9.07. The van der Waals surface area contributed by atoms with Gasteiger partial charge in [-0.2, -0.15) is 0 Å². The summed E-state index contributed by atoms with van der Waals surface area (Å²) in [6, 6.07) is 0. The van der Waals surface area contributed by atoms with Crippen molar-refractivity contribution in [2.24, 2.45) is 10.4 Å². The summed E-state index contributed by atoms with van der Waals surface area (Å²) in [6.07, 6.45) is 6.71. The Bertz CT molecular complexity index is 514. The van der Waals surface area contributed by atoms with Gasteiger partial charge >= 0.3 is 0 Å². The molecule has 1 heterocycles. The number of aliphatic imine (C=N–C) groups is 1. The molecule has 1 aliphatic rings. The third-order valence-electron chi connectivity index (χ3n) is 5.14. The van der Waals surface area contributed by atoms with Gasteiger partial charge in [0.25, 0.3) is 0 Å². The normalized spacial score (nSPS) is 16.8. The van der Waals surface area contributed by atoms with E-state index in [0.717, 1.165) is 49.8 Å². The van der Waals surface area contributed by atoms with Crippen molar-refractivity contribution in [1.29, 1.82) is 0 Å². The molecule has 1 aliphatic carbocycles. The predicted molar refractivity (Wildman–Crippen MR) is 96.2 cm³/mol. The van der Waals surface area contributed by atoms with Crippen molar-refractivity contribution in [1.82, 2.24) is 15.8 Å². The van der Waals surface area contributed by atoms with Gasteiger partial charge in [0.15, 0.2) is 5.96 Å². The molecule has 2 N–H and O–H groups in total. The quantitative estimate of drug-likeness (QED) is 0.536. The van der Waals surface area contributed by atoms with Gasteiger partial charge in [0.2, 0.25) is 0 Å². The van der Waals surface area contributed by atoms with Crippen LogP contribution in [0.4, 0.5) is 0 Å². The van der Waals surface area contributed by atoms with Crippen LogP contribution in [-0.4, -0.2) is 38.4 Å². The van der Waals surface area contributed by atoms with Gasteiger partial charge in [0.1, 0.15) is 5.76 Å². The Morgan fingerprint density at radius 1 is 1.29 bits per heavy atom. The maximum Gasteiger partial charge on any atom is 0.191 e. The molecule has 1 aromatic rings. The summed E-state index contributed by atoms with van der Waals surface area (Å²) in [5.74, 6) is 1.80. The van der Waals surface area contributed by atoms with Gasteiger partial charge in [-0.15, -0.1) is 0 Å². The van der Waals surface area contributed by atoms with Crippen molar-refractivity contribution >= 4 is 5.96 Å². The van der Waals surface area contributed by atoms with Crippen LogP contribution in [0.5, 0.6) is 0 Å². The molecule has 0 saturated heterocycles. The highest BCUT2D eigenvalue weighted by atomic mass is 16.5. The van der Waals surface area contributed by atoms with Gasteiger partial charge < -0.3 is 19.9 Å². The largest absolute Gasteiger partial charge is 0.385 e. The molecule has 136 valence electrons. The third kappa shape index (κ3) is 4.50. The lowest BCUT2D eigenvalue weighted by atomic mass is 9.67. The Balaban J connectivity index is 1.88. The number of aryl methyl sites for hydroxylation is 2. The summed E-state index contributed by atoms with van der Waals surface area (Å²) in [5, 5.41) is 11.1. The Labute approximate surface area is 145 Å². The maximum absolute atomic E-state index is 5.42. The number of ether oxygens (including phenoxy) is 1. The van der Waals surface area contributed by atoms with Crippen LogP contribution in [0.3, 0.4) is 0 Å². The lowest BCUT2D eigenvalue weighted by Crippen LogP contribution is -2.46. The topological polar surface area (TPSA) is 71.7 Å². The van der Waals surface area contributed by atoms with Crippen LogP contribution in [-0.2, 0) is 24.1 Å². The lowest BCUT2D eigenvalue weighted by molar-refractivity contribution is 0.0732. The smallest absolute Gasteiger partial charge is 0.191 e. The highest BCUT2D eigenvalue weighted by Crippen LogP contribution is 2.43. The Morgan fingerprint density at radius 3 is 2.62 bits per heavy atom. The average Bonchev–Trinajstić information content (AvgIpc) is 2.98. The predicted octanol–water partition coefficient (Wildman–Crippen LogP) is 2.67. The second-order valence-corrected chi connectivity index (χ2v) is 6.61. The molecule has 24 heavy (non-hydrogen) atoms. The van der Waals surface area contributed by atoms with E-state index < -0.39 is 0 Å². The average molecular weight is 336 g/mol. The number of nitrogens with zero attached hydrogens (tertiary/aromatic N) is 2. The van der Waals surface area contributed by atoms with Gasteiger partial charge in [-0.1, -0.05) is 25.4 Å². The molecule has 0 radical (unpaired) electrons. The van der Waals surface area contributed by atoms with Crippen molar-refractivity contribution in [2.75, 3.05) is 27.3 Å². The zero-order chi connectivity index (χ0) is 17.4. The first-order valence-electron chi connectivity index (χ1n) is 9.07. The summed E-state index contributed by atoms with van der Waals surface area (Å²) in [4.78, 5) is 4.35. The first kappa shape index (κ1) is 18.8. The van der Waals surface area contributed by atoms with Gasteiger partial charge in [-0.3, -0.25) is 4.99 Å². The molecule has 0 aromatic carbocycles. The van der Waals surface area contributed by atoms with E-state index in [0.29, 0.717) is 12.0 Å². The van der Waals surface area contributed by atoms with E-state index in [1.54, 1.807) is 7.11 Å². The molecule has 0 bridgehead atoms. The fraction of sp³-hybridized carbons (Fsp3) is 0.778. The number of guanidine groups is 1. The summed E-state index contributed by atoms with van der Waals surface area (Å²) < 4.78 is 10.7. The highest BCUT2D eigenvalue weighted by Gasteiger charge is 2.36. The molecular weight excluding hydrogens is 304 g/mol. The molecule has 1 fully saturated rings. The van der Waals surface area contributed by atoms with Crippen molar-refractivity contribution in [3.63, 3.8) is 0 Å². The second-order valence-electron chi connectivity index (χ2n) is 6.61. The van der Waals surface area contributed by atoms with Crippen LogP contribution in [0, 0.1) is 5.41 Å². The molecule has 0 aliphatic heterocycles. The number of methoxy groups -OCH3 is 1. The number of nitrogens with one attached hydrogen (secondary N) is 2. The molecule has 0 unspecified atom stereocenters. The Kier molecular flexibility index (Phi) is 7.09. The molecule has 2 rings (SSSR count). The lowest BCUT2D eigenvalue weighted by Gasteiger charge is -2.42. The van der Waals surface area contributed by atoms with Gasteiger partial charge in [-0.25, -0.2) is 0 Å². The summed E-state index contributed by atoms with van der Waals surface area (Å²) >= 11 is 0. The number of hydrogen-bond donors (Lipinski definition) is 2. The van der Waals surface area contributed by atoms with Gasteiger partial charge in [0.05, 0.1) is 5.69 Å². The van der Waals surface area contributed by atoms with Crippen molar-refractivity contribution in [3.05, 3.63) is 17.0 Å². The molecule has 0 amide bonds. The highest BCUT2D eigenvalue weighted by molar-refractivity contribution is 5.79. The van der Waals surface area contributed by atoms with E-state index in [1.807, 2.05) is 7.05 Å². The number of aromatic nitrogens is 1. The van der Waals surface area contributed by atoms with Crippen LogP contribution in [0.25, 0.3) is 0 Å². The fourth-order valence-corrected chi connectivity index (χ4v) is 3.31. The van der Waals surface area contributed by atoms with Crippen LogP contribution < -0.4 is 10.6 Å². The fourth-order valence-electron chi connectivity index (χ4n) is 3.31. The minimum Gasteiger partial charge on any atom is -0.385 e. The van der Waals surface area contributed by atoms with E-state index in [2.05, 4.69) is 34.6 Å². The minimum absolute atomic E-state index is 0.369.